The molecule has 5 aromatic rings. The molecule has 0 aliphatic rings. The first-order valence-corrected chi connectivity index (χ1v) is 11.1. The van der Waals surface area contributed by atoms with Crippen LogP contribution in [0, 0.1) is 13.8 Å². The minimum absolute atomic E-state index is 0.255. The zero-order valence-electron chi connectivity index (χ0n) is 19.7. The highest BCUT2D eigenvalue weighted by molar-refractivity contribution is 5.82. The standard InChI is InChI=1S/C26H25N5O3/c1-15-11-16(2)13-20(12-15)31-21(19-9-7-6-8-10-19)14-29-22-23(27-25(29)31)28(5)26(34)30(24(22)33)17(3)18(4)32/h6-14,17H,1-5H3/t17-/m0/s1. The molecular formula is C26H25N5O3. The molecule has 172 valence electrons. The lowest BCUT2D eigenvalue weighted by molar-refractivity contribution is -0.119. The Morgan fingerprint density at radius 1 is 1.00 bits per heavy atom. The van der Waals surface area contributed by atoms with E-state index in [0.717, 1.165) is 32.6 Å². The Morgan fingerprint density at radius 2 is 1.65 bits per heavy atom. The van der Waals surface area contributed by atoms with Crippen molar-refractivity contribution in [3.63, 3.8) is 0 Å². The van der Waals surface area contributed by atoms with Crippen molar-refractivity contribution < 1.29 is 4.79 Å². The van der Waals surface area contributed by atoms with E-state index in [4.69, 9.17) is 4.98 Å². The van der Waals surface area contributed by atoms with Crippen LogP contribution in [0.15, 0.2) is 64.3 Å². The zero-order valence-corrected chi connectivity index (χ0v) is 19.7. The fourth-order valence-corrected chi connectivity index (χ4v) is 4.53. The molecule has 0 bridgehead atoms. The van der Waals surface area contributed by atoms with Gasteiger partial charge in [-0.1, -0.05) is 36.4 Å². The van der Waals surface area contributed by atoms with Gasteiger partial charge in [0.25, 0.3) is 5.56 Å². The molecule has 3 aromatic heterocycles. The van der Waals surface area contributed by atoms with E-state index in [9.17, 15) is 14.4 Å². The van der Waals surface area contributed by atoms with Crippen LogP contribution in [0.25, 0.3) is 33.9 Å². The summed E-state index contributed by atoms with van der Waals surface area (Å²) in [5.41, 5.74) is 4.35. The van der Waals surface area contributed by atoms with Crippen molar-refractivity contribution >= 4 is 22.7 Å². The third-order valence-corrected chi connectivity index (χ3v) is 6.31. The first-order valence-electron chi connectivity index (χ1n) is 11.1. The topological polar surface area (TPSA) is 83.3 Å². The Morgan fingerprint density at radius 3 is 2.26 bits per heavy atom. The van der Waals surface area contributed by atoms with Crippen molar-refractivity contribution in [1.82, 2.24) is 23.1 Å². The zero-order chi connectivity index (χ0) is 24.3. The number of nitrogens with zero attached hydrogens (tertiary/aromatic N) is 5. The van der Waals surface area contributed by atoms with Crippen LogP contribution in [0.1, 0.15) is 31.0 Å². The molecule has 0 aliphatic carbocycles. The molecule has 1 atom stereocenters. The highest BCUT2D eigenvalue weighted by atomic mass is 16.2. The highest BCUT2D eigenvalue weighted by Crippen LogP contribution is 2.29. The fraction of sp³-hybridized carbons (Fsp3) is 0.231. The van der Waals surface area contributed by atoms with Gasteiger partial charge in [-0.15, -0.1) is 0 Å². The largest absolute Gasteiger partial charge is 0.333 e. The molecule has 2 aromatic carbocycles. The lowest BCUT2D eigenvalue weighted by Gasteiger charge is -2.12. The number of hydrogen-bond acceptors (Lipinski definition) is 4. The summed E-state index contributed by atoms with van der Waals surface area (Å²) < 4.78 is 6.06. The van der Waals surface area contributed by atoms with Crippen molar-refractivity contribution in [3.8, 4) is 16.9 Å². The van der Waals surface area contributed by atoms with Gasteiger partial charge in [-0.2, -0.15) is 4.98 Å². The van der Waals surface area contributed by atoms with Crippen molar-refractivity contribution in [1.29, 1.82) is 0 Å². The molecule has 8 heteroatoms. The van der Waals surface area contributed by atoms with Gasteiger partial charge >= 0.3 is 5.69 Å². The summed E-state index contributed by atoms with van der Waals surface area (Å²) in [4.78, 5) is 43.4. The number of rotatable bonds is 4. The summed E-state index contributed by atoms with van der Waals surface area (Å²) in [5.74, 6) is 0.247. The van der Waals surface area contributed by atoms with Gasteiger partial charge in [-0.3, -0.25) is 23.1 Å². The first kappa shape index (κ1) is 21.6. The van der Waals surface area contributed by atoms with E-state index < -0.39 is 17.3 Å². The maximum absolute atomic E-state index is 13.6. The average Bonchev–Trinajstić information content (AvgIpc) is 3.34. The molecule has 34 heavy (non-hydrogen) atoms. The smallest absolute Gasteiger partial charge is 0.298 e. The van der Waals surface area contributed by atoms with Crippen LogP contribution in [0.4, 0.5) is 0 Å². The third-order valence-electron chi connectivity index (χ3n) is 6.31. The van der Waals surface area contributed by atoms with E-state index >= 15 is 0 Å². The molecule has 0 spiro atoms. The van der Waals surface area contributed by atoms with Crippen LogP contribution in [-0.2, 0) is 11.8 Å². The second-order valence-corrected chi connectivity index (χ2v) is 8.82. The van der Waals surface area contributed by atoms with Gasteiger partial charge in [0.2, 0.25) is 5.78 Å². The molecule has 0 radical (unpaired) electrons. The minimum atomic E-state index is -0.878. The third kappa shape index (κ3) is 3.14. The van der Waals surface area contributed by atoms with Crippen LogP contribution >= 0.6 is 0 Å². The number of aryl methyl sites for hydroxylation is 3. The molecule has 0 N–H and O–H groups in total. The Bertz CT molecular complexity index is 1700. The van der Waals surface area contributed by atoms with Gasteiger partial charge in [-0.25, -0.2) is 9.36 Å². The van der Waals surface area contributed by atoms with Crippen LogP contribution in [0.2, 0.25) is 0 Å². The summed E-state index contributed by atoms with van der Waals surface area (Å²) in [6.07, 6.45) is 1.87. The number of Topliss-reactive ketones (excluding diaryl/α,β-unsaturated/α-hetero) is 1. The number of ketones is 1. The van der Waals surface area contributed by atoms with Crippen molar-refractivity contribution in [3.05, 3.63) is 86.7 Å². The van der Waals surface area contributed by atoms with E-state index in [-0.39, 0.29) is 16.9 Å². The molecule has 0 unspecified atom stereocenters. The normalized spacial score (nSPS) is 12.5. The SMILES string of the molecule is CC(=O)[C@H](C)n1c(=O)c2c(nc3n(-c4cc(C)cc(C)c4)c(-c4ccccc4)cn23)n(C)c1=O. The van der Waals surface area contributed by atoms with E-state index in [1.165, 1.54) is 11.5 Å². The minimum Gasteiger partial charge on any atom is -0.298 e. The van der Waals surface area contributed by atoms with Gasteiger partial charge in [-0.05, 0) is 51.0 Å². The molecule has 0 saturated carbocycles. The van der Waals surface area contributed by atoms with Crippen LogP contribution in [0.3, 0.4) is 0 Å². The number of hydrogen-bond donors (Lipinski definition) is 0. The molecule has 3 heterocycles. The predicted molar refractivity (Wildman–Crippen MR) is 132 cm³/mol. The van der Waals surface area contributed by atoms with Crippen molar-refractivity contribution in [2.45, 2.75) is 33.7 Å². The maximum Gasteiger partial charge on any atom is 0.333 e. The molecule has 0 fully saturated rings. The molecule has 8 nitrogen and oxygen atoms in total. The summed E-state index contributed by atoms with van der Waals surface area (Å²) >= 11 is 0. The lowest BCUT2D eigenvalue weighted by atomic mass is 10.1. The molecule has 5 rings (SSSR count). The van der Waals surface area contributed by atoms with Gasteiger partial charge in [0.1, 0.15) is 0 Å². The molecule has 0 aliphatic heterocycles. The summed E-state index contributed by atoms with van der Waals surface area (Å²) in [7, 11) is 1.57. The van der Waals surface area contributed by atoms with E-state index in [0.29, 0.717) is 5.78 Å². The highest BCUT2D eigenvalue weighted by Gasteiger charge is 2.25. The first-order chi connectivity index (χ1) is 16.2. The van der Waals surface area contributed by atoms with E-state index in [1.807, 2.05) is 54.9 Å². The number of carbonyl (C=O) groups excluding carboxylic acids is 1. The van der Waals surface area contributed by atoms with E-state index in [1.54, 1.807) is 18.4 Å². The second kappa shape index (κ2) is 7.69. The number of fused-ring (bicyclic) bond motifs is 3. The number of imidazole rings is 2. The van der Waals surface area contributed by atoms with Crippen molar-refractivity contribution in [2.75, 3.05) is 0 Å². The number of carbonyl (C=O) groups is 1. The van der Waals surface area contributed by atoms with Crippen LogP contribution in [-0.4, -0.2) is 28.9 Å². The molecule has 0 saturated heterocycles. The Hall–Kier alpha value is -4.20. The maximum atomic E-state index is 13.6. The predicted octanol–water partition coefficient (Wildman–Crippen LogP) is 3.57. The average molecular weight is 456 g/mol. The van der Waals surface area contributed by atoms with Gasteiger partial charge in [0.05, 0.1) is 11.7 Å². The van der Waals surface area contributed by atoms with Gasteiger partial charge < -0.3 is 0 Å². The fourth-order valence-electron chi connectivity index (χ4n) is 4.53. The summed E-state index contributed by atoms with van der Waals surface area (Å²) in [5, 5.41) is 0. The monoisotopic (exact) mass is 455 g/mol. The van der Waals surface area contributed by atoms with Crippen LogP contribution in [0.5, 0.6) is 0 Å². The Kier molecular flexibility index (Phi) is 4.89. The van der Waals surface area contributed by atoms with E-state index in [2.05, 4.69) is 18.2 Å². The van der Waals surface area contributed by atoms with Crippen molar-refractivity contribution in [2.24, 2.45) is 7.05 Å². The summed E-state index contributed by atoms with van der Waals surface area (Å²) in [6, 6.07) is 15.2. The number of benzene rings is 2. The Labute approximate surface area is 195 Å². The number of aromatic nitrogens is 5. The summed E-state index contributed by atoms with van der Waals surface area (Å²) in [6.45, 7) is 7.00. The van der Waals surface area contributed by atoms with Crippen LogP contribution < -0.4 is 11.2 Å². The van der Waals surface area contributed by atoms with Gasteiger partial charge in [0.15, 0.2) is 16.9 Å². The quantitative estimate of drug-likeness (QED) is 0.415. The van der Waals surface area contributed by atoms with Gasteiger partial charge in [0, 0.05) is 24.5 Å². The lowest BCUT2D eigenvalue weighted by Crippen LogP contribution is -2.42. The second-order valence-electron chi connectivity index (χ2n) is 8.82. The molecule has 0 amide bonds. The molecular weight excluding hydrogens is 430 g/mol. The Balaban J connectivity index is 1.97.